The fraction of sp³-hybridized carbons (Fsp3) is 0.147. The van der Waals surface area contributed by atoms with Gasteiger partial charge in [0.15, 0.2) is 10.7 Å². The fourth-order valence-corrected chi connectivity index (χ4v) is 8.07. The second-order valence-electron chi connectivity index (χ2n) is 10.4. The summed E-state index contributed by atoms with van der Waals surface area (Å²) >= 11 is 9.02. The number of amides is 2. The quantitative estimate of drug-likeness (QED) is 0.161. The van der Waals surface area contributed by atoms with Gasteiger partial charge in [-0.3, -0.25) is 9.59 Å². The first-order chi connectivity index (χ1) is 21.6. The van der Waals surface area contributed by atoms with Crippen LogP contribution in [0.15, 0.2) is 115 Å². The zero-order valence-corrected chi connectivity index (χ0v) is 25.7. The predicted molar refractivity (Wildman–Crippen MR) is 178 cm³/mol. The summed E-state index contributed by atoms with van der Waals surface area (Å²) in [5.41, 5.74) is 4.19. The van der Waals surface area contributed by atoms with Crippen molar-refractivity contribution in [1.82, 2.24) is 20.2 Å². The van der Waals surface area contributed by atoms with Crippen LogP contribution in [0.5, 0.6) is 0 Å². The number of ether oxygens (including phenoxy) is 1. The molecule has 0 saturated carbocycles. The van der Waals surface area contributed by atoms with Crippen LogP contribution in [0.2, 0.25) is 0 Å². The number of nitrogens with one attached hydrogen (secondary N) is 1. The molecular formula is C34H26N4O3S3. The van der Waals surface area contributed by atoms with Gasteiger partial charge in [-0.1, -0.05) is 91.0 Å². The van der Waals surface area contributed by atoms with Gasteiger partial charge in [-0.05, 0) is 46.4 Å². The van der Waals surface area contributed by atoms with Gasteiger partial charge in [0, 0.05) is 11.8 Å². The zero-order chi connectivity index (χ0) is 30.0. The summed E-state index contributed by atoms with van der Waals surface area (Å²) in [6.07, 6.45) is 1.43. The Morgan fingerprint density at radius 1 is 0.932 bits per heavy atom. The normalized spacial score (nSPS) is 19.2. The molecule has 1 N–H and O–H groups in total. The van der Waals surface area contributed by atoms with E-state index in [1.54, 1.807) is 11.1 Å². The van der Waals surface area contributed by atoms with E-state index in [0.717, 1.165) is 32.0 Å². The summed E-state index contributed by atoms with van der Waals surface area (Å²) in [5, 5.41) is 5.60. The maximum absolute atomic E-state index is 13.8. The molecule has 2 aliphatic heterocycles. The van der Waals surface area contributed by atoms with Crippen molar-refractivity contribution in [3.05, 3.63) is 136 Å². The number of aromatic nitrogens is 2. The van der Waals surface area contributed by atoms with Crippen molar-refractivity contribution < 1.29 is 14.3 Å². The molecule has 2 unspecified atom stereocenters. The molecule has 1 saturated heterocycles. The largest absolute Gasteiger partial charge is 0.472 e. The van der Waals surface area contributed by atoms with Crippen molar-refractivity contribution in [2.24, 2.45) is 0 Å². The molecule has 0 spiro atoms. The lowest BCUT2D eigenvalue weighted by Crippen LogP contribution is -2.73. The summed E-state index contributed by atoms with van der Waals surface area (Å²) in [4.78, 5) is 37.6. The van der Waals surface area contributed by atoms with Gasteiger partial charge < -0.3 is 15.0 Å². The molecule has 7 rings (SSSR count). The molecule has 2 aliphatic rings. The Bertz CT molecular complexity index is 1790. The van der Waals surface area contributed by atoms with E-state index in [1.807, 2.05) is 109 Å². The number of rotatable bonds is 8. The molecule has 44 heavy (non-hydrogen) atoms. The first kappa shape index (κ1) is 28.4. The third-order valence-electron chi connectivity index (χ3n) is 7.58. The van der Waals surface area contributed by atoms with E-state index in [2.05, 4.69) is 10.3 Å². The maximum Gasteiger partial charge on any atom is 0.250 e. The van der Waals surface area contributed by atoms with Gasteiger partial charge in [-0.25, -0.2) is 9.97 Å². The number of carbonyl (C=O) groups excluding carboxylic acids is 2. The van der Waals surface area contributed by atoms with Crippen LogP contribution in [0, 0.1) is 0 Å². The number of hydrogen-bond donors (Lipinski definition) is 1. The lowest BCUT2D eigenvalue weighted by atomic mass is 9.97. The first-order valence-electron chi connectivity index (χ1n) is 14.1. The SMILES string of the molecule is O=C(Cc1ccccc1)NC1C(=O)N2C(C(=S)OC(c3ccccc3)c3ccccc3)C(c3nc4ncccc4s3)=CS[C@H]12. The molecule has 0 aliphatic carbocycles. The number of thiocarbonyl (C=S) groups is 1. The number of benzene rings is 3. The van der Waals surface area contributed by atoms with Gasteiger partial charge in [0.05, 0.1) is 11.1 Å². The number of thiazole rings is 1. The highest BCUT2D eigenvalue weighted by atomic mass is 32.2. The third-order valence-corrected chi connectivity index (χ3v) is 10.1. The summed E-state index contributed by atoms with van der Waals surface area (Å²) < 4.78 is 7.58. The van der Waals surface area contributed by atoms with Crippen LogP contribution in [0.3, 0.4) is 0 Å². The first-order valence-corrected chi connectivity index (χ1v) is 16.3. The van der Waals surface area contributed by atoms with Crippen molar-refractivity contribution >= 4 is 68.1 Å². The van der Waals surface area contributed by atoms with Crippen molar-refractivity contribution in [2.45, 2.75) is 30.0 Å². The van der Waals surface area contributed by atoms with Gasteiger partial charge in [-0.15, -0.1) is 23.1 Å². The average Bonchev–Trinajstić information content (AvgIpc) is 3.51. The van der Waals surface area contributed by atoms with Crippen LogP contribution < -0.4 is 5.32 Å². The minimum Gasteiger partial charge on any atom is -0.472 e. The Labute approximate surface area is 268 Å². The number of carbonyl (C=O) groups is 2. The number of nitrogens with zero attached hydrogens (tertiary/aromatic N) is 3. The van der Waals surface area contributed by atoms with E-state index in [-0.39, 0.29) is 28.7 Å². The van der Waals surface area contributed by atoms with Gasteiger partial charge in [-0.2, -0.15) is 0 Å². The lowest BCUT2D eigenvalue weighted by molar-refractivity contribution is -0.149. The van der Waals surface area contributed by atoms with E-state index in [0.29, 0.717) is 5.65 Å². The van der Waals surface area contributed by atoms with Gasteiger partial charge in [0.2, 0.25) is 11.8 Å². The predicted octanol–water partition coefficient (Wildman–Crippen LogP) is 6.18. The summed E-state index contributed by atoms with van der Waals surface area (Å²) in [6, 6.07) is 31.8. The minimum atomic E-state index is -0.679. The summed E-state index contributed by atoms with van der Waals surface area (Å²) in [7, 11) is 0. The van der Waals surface area contributed by atoms with Crippen molar-refractivity contribution in [2.75, 3.05) is 0 Å². The smallest absolute Gasteiger partial charge is 0.250 e. The topological polar surface area (TPSA) is 84.4 Å². The molecule has 1 fully saturated rings. The molecule has 218 valence electrons. The van der Waals surface area contributed by atoms with Crippen LogP contribution in [-0.4, -0.2) is 49.2 Å². The number of β-lactam (4-membered cyclic amide) rings is 1. The van der Waals surface area contributed by atoms with E-state index in [9.17, 15) is 9.59 Å². The van der Waals surface area contributed by atoms with E-state index >= 15 is 0 Å². The Hall–Kier alpha value is -4.38. The van der Waals surface area contributed by atoms with E-state index in [4.69, 9.17) is 21.9 Å². The monoisotopic (exact) mass is 634 g/mol. The highest BCUT2D eigenvalue weighted by molar-refractivity contribution is 8.03. The molecule has 3 aromatic carbocycles. The molecule has 0 radical (unpaired) electrons. The lowest BCUT2D eigenvalue weighted by Gasteiger charge is -2.52. The molecule has 2 aromatic heterocycles. The molecule has 3 atom stereocenters. The zero-order valence-electron chi connectivity index (χ0n) is 23.3. The van der Waals surface area contributed by atoms with Crippen molar-refractivity contribution in [1.29, 1.82) is 0 Å². The van der Waals surface area contributed by atoms with Gasteiger partial charge in [0.25, 0.3) is 0 Å². The third kappa shape index (κ3) is 5.52. The molecule has 4 heterocycles. The van der Waals surface area contributed by atoms with Crippen LogP contribution in [0.25, 0.3) is 15.9 Å². The number of fused-ring (bicyclic) bond motifs is 2. The second kappa shape index (κ2) is 12.3. The van der Waals surface area contributed by atoms with Crippen molar-refractivity contribution in [3.63, 3.8) is 0 Å². The number of hydrogen-bond acceptors (Lipinski definition) is 8. The molecule has 5 aromatic rings. The van der Waals surface area contributed by atoms with E-state index < -0.39 is 18.2 Å². The molecule has 7 nitrogen and oxygen atoms in total. The van der Waals surface area contributed by atoms with Crippen LogP contribution in [0.4, 0.5) is 0 Å². The van der Waals surface area contributed by atoms with Crippen molar-refractivity contribution in [3.8, 4) is 0 Å². The Balaban J connectivity index is 1.21. The summed E-state index contributed by atoms with van der Waals surface area (Å²) in [5.74, 6) is -0.411. The number of pyridine rings is 1. The standard InChI is InChI=1S/C34H26N4O3S3/c39-26(19-21-11-4-1-5-12-21)36-27-32(40)38-28(24(20-43-33(27)38)31-37-30-25(44-31)17-10-18-35-30)34(42)41-29(22-13-6-2-7-14-22)23-15-8-3-9-16-23/h1-18,20,27-29,33H,19H2,(H,36,39)/t27?,28?,33-/m1/s1. The van der Waals surface area contributed by atoms with Crippen LogP contribution in [0.1, 0.15) is 27.8 Å². The fourth-order valence-electron chi connectivity index (χ4n) is 5.47. The Kier molecular flexibility index (Phi) is 7.95. The second-order valence-corrected chi connectivity index (χ2v) is 12.9. The van der Waals surface area contributed by atoms with Gasteiger partial charge >= 0.3 is 0 Å². The molecule has 2 amide bonds. The molecule has 0 bridgehead atoms. The molecular weight excluding hydrogens is 609 g/mol. The minimum absolute atomic E-state index is 0.197. The number of thioether (sulfide) groups is 1. The van der Waals surface area contributed by atoms with Crippen LogP contribution in [-0.2, 0) is 20.7 Å². The summed E-state index contributed by atoms with van der Waals surface area (Å²) in [6.45, 7) is 0. The highest BCUT2D eigenvalue weighted by Gasteiger charge is 2.56. The van der Waals surface area contributed by atoms with Crippen LogP contribution >= 0.6 is 35.3 Å². The highest BCUT2D eigenvalue weighted by Crippen LogP contribution is 2.45. The Morgan fingerprint density at radius 2 is 1.59 bits per heavy atom. The van der Waals surface area contributed by atoms with Gasteiger partial charge in [0.1, 0.15) is 28.6 Å². The maximum atomic E-state index is 13.8. The average molecular weight is 635 g/mol. The Morgan fingerprint density at radius 3 is 2.25 bits per heavy atom. The van der Waals surface area contributed by atoms with E-state index in [1.165, 1.54) is 23.1 Å². The molecule has 10 heteroatoms.